The maximum absolute atomic E-state index is 13.0. The van der Waals surface area contributed by atoms with Gasteiger partial charge in [0.2, 0.25) is 0 Å². The van der Waals surface area contributed by atoms with Crippen LogP contribution in [0.1, 0.15) is 15.9 Å². The van der Waals surface area contributed by atoms with Crippen molar-refractivity contribution in [3.8, 4) is 11.3 Å². The molecule has 0 saturated carbocycles. The molecule has 2 heterocycles. The van der Waals surface area contributed by atoms with Crippen molar-refractivity contribution in [1.82, 2.24) is 15.1 Å². The summed E-state index contributed by atoms with van der Waals surface area (Å²) in [6.45, 7) is 2.45. The standard InChI is InChI=1S/C22H20FN3O2S/c23-19-6-4-17(5-7-19)20-8-9-21(25-24-20)29-15-16-2-1-3-18(14-16)22(27)26-10-12-28-13-11-26/h1-9,14H,10-13,15H2. The van der Waals surface area contributed by atoms with E-state index in [1.54, 1.807) is 23.9 Å². The highest BCUT2D eigenvalue weighted by Crippen LogP contribution is 2.23. The Morgan fingerprint density at radius 2 is 1.83 bits per heavy atom. The second kappa shape index (κ2) is 9.15. The molecule has 0 radical (unpaired) electrons. The molecular weight excluding hydrogens is 389 g/mol. The molecule has 1 fully saturated rings. The lowest BCUT2D eigenvalue weighted by Crippen LogP contribution is -2.40. The fourth-order valence-corrected chi connectivity index (χ4v) is 3.83. The lowest BCUT2D eigenvalue weighted by molar-refractivity contribution is 0.0303. The molecule has 1 aromatic heterocycles. The highest BCUT2D eigenvalue weighted by atomic mass is 32.2. The molecule has 4 rings (SSSR count). The molecule has 0 spiro atoms. The summed E-state index contributed by atoms with van der Waals surface area (Å²) in [5, 5.41) is 9.28. The van der Waals surface area contributed by atoms with E-state index in [9.17, 15) is 9.18 Å². The van der Waals surface area contributed by atoms with Crippen LogP contribution in [0.15, 0.2) is 65.7 Å². The molecule has 0 unspecified atom stereocenters. The number of ether oxygens (including phenoxy) is 1. The average Bonchev–Trinajstić information content (AvgIpc) is 2.79. The van der Waals surface area contributed by atoms with Gasteiger partial charge in [-0.3, -0.25) is 4.79 Å². The van der Waals surface area contributed by atoms with Crippen LogP contribution in [0.25, 0.3) is 11.3 Å². The number of nitrogens with zero attached hydrogens (tertiary/aromatic N) is 3. The summed E-state index contributed by atoms with van der Waals surface area (Å²) in [6, 6.07) is 17.7. The number of amides is 1. The van der Waals surface area contributed by atoms with Crippen LogP contribution in [0, 0.1) is 5.82 Å². The van der Waals surface area contributed by atoms with Crippen LogP contribution in [-0.4, -0.2) is 47.3 Å². The molecule has 5 nitrogen and oxygen atoms in total. The van der Waals surface area contributed by atoms with Crippen LogP contribution in [0.3, 0.4) is 0 Å². The van der Waals surface area contributed by atoms with Gasteiger partial charge in [-0.05, 0) is 54.1 Å². The maximum Gasteiger partial charge on any atom is 0.254 e. The first-order chi connectivity index (χ1) is 14.2. The van der Waals surface area contributed by atoms with Crippen LogP contribution >= 0.6 is 11.8 Å². The van der Waals surface area contributed by atoms with Crippen molar-refractivity contribution in [2.24, 2.45) is 0 Å². The zero-order valence-electron chi connectivity index (χ0n) is 15.8. The summed E-state index contributed by atoms with van der Waals surface area (Å²) in [4.78, 5) is 14.5. The van der Waals surface area contributed by atoms with Gasteiger partial charge in [0.25, 0.3) is 5.91 Å². The van der Waals surface area contributed by atoms with Crippen molar-refractivity contribution in [2.45, 2.75) is 10.8 Å². The van der Waals surface area contributed by atoms with Crippen LogP contribution in [-0.2, 0) is 10.5 Å². The number of hydrogen-bond donors (Lipinski definition) is 0. The summed E-state index contributed by atoms with van der Waals surface area (Å²) in [6.07, 6.45) is 0. The van der Waals surface area contributed by atoms with Crippen LogP contribution in [0.2, 0.25) is 0 Å². The van der Waals surface area contributed by atoms with Crippen molar-refractivity contribution >= 4 is 17.7 Å². The predicted molar refractivity (Wildman–Crippen MR) is 110 cm³/mol. The molecular formula is C22H20FN3O2S. The Morgan fingerprint density at radius 3 is 2.55 bits per heavy atom. The molecule has 148 valence electrons. The summed E-state index contributed by atoms with van der Waals surface area (Å²) in [5.41, 5.74) is 3.28. The second-order valence-corrected chi connectivity index (χ2v) is 7.65. The zero-order chi connectivity index (χ0) is 20.1. The number of aromatic nitrogens is 2. The van der Waals surface area contributed by atoms with Gasteiger partial charge >= 0.3 is 0 Å². The normalized spacial score (nSPS) is 14.0. The number of carbonyl (C=O) groups is 1. The molecule has 1 saturated heterocycles. The summed E-state index contributed by atoms with van der Waals surface area (Å²) in [5.74, 6) is 0.459. The molecule has 1 aliphatic rings. The molecule has 1 aliphatic heterocycles. The Bertz CT molecular complexity index is 974. The first kappa shape index (κ1) is 19.5. The molecule has 1 amide bonds. The Kier molecular flexibility index (Phi) is 6.17. The van der Waals surface area contributed by atoms with Crippen LogP contribution < -0.4 is 0 Å². The van der Waals surface area contributed by atoms with Gasteiger partial charge in [0.05, 0.1) is 18.9 Å². The van der Waals surface area contributed by atoms with Gasteiger partial charge in [-0.15, -0.1) is 10.2 Å². The van der Waals surface area contributed by atoms with E-state index >= 15 is 0 Å². The molecule has 29 heavy (non-hydrogen) atoms. The zero-order valence-corrected chi connectivity index (χ0v) is 16.6. The Hall–Kier alpha value is -2.77. The van der Waals surface area contributed by atoms with Crippen molar-refractivity contribution in [3.63, 3.8) is 0 Å². The fourth-order valence-electron chi connectivity index (χ4n) is 3.07. The molecule has 0 atom stereocenters. The smallest absolute Gasteiger partial charge is 0.254 e. The number of rotatable bonds is 5. The van der Waals surface area contributed by atoms with Gasteiger partial charge in [0, 0.05) is 30.0 Å². The molecule has 0 aliphatic carbocycles. The first-order valence-corrected chi connectivity index (χ1v) is 10.4. The van der Waals surface area contributed by atoms with Gasteiger partial charge in [0.1, 0.15) is 10.8 Å². The predicted octanol–water partition coefficient (Wildman–Crippen LogP) is 4.05. The van der Waals surface area contributed by atoms with Gasteiger partial charge in [-0.1, -0.05) is 23.9 Å². The van der Waals surface area contributed by atoms with Crippen LogP contribution in [0.5, 0.6) is 0 Å². The van der Waals surface area contributed by atoms with Crippen molar-refractivity contribution < 1.29 is 13.9 Å². The van der Waals surface area contributed by atoms with Gasteiger partial charge in [-0.2, -0.15) is 0 Å². The monoisotopic (exact) mass is 409 g/mol. The molecule has 3 aromatic rings. The minimum atomic E-state index is -0.275. The van der Waals surface area contributed by atoms with E-state index in [0.717, 1.165) is 16.2 Å². The van der Waals surface area contributed by atoms with Crippen LogP contribution in [0.4, 0.5) is 4.39 Å². The molecule has 0 N–H and O–H groups in total. The summed E-state index contributed by atoms with van der Waals surface area (Å²) < 4.78 is 18.4. The minimum Gasteiger partial charge on any atom is -0.378 e. The van der Waals surface area contributed by atoms with E-state index in [1.807, 2.05) is 41.3 Å². The highest BCUT2D eigenvalue weighted by Gasteiger charge is 2.18. The number of benzene rings is 2. The highest BCUT2D eigenvalue weighted by molar-refractivity contribution is 7.98. The van der Waals surface area contributed by atoms with E-state index in [1.165, 1.54) is 12.1 Å². The number of hydrogen-bond acceptors (Lipinski definition) is 5. The minimum absolute atomic E-state index is 0.0450. The van der Waals surface area contributed by atoms with Gasteiger partial charge < -0.3 is 9.64 Å². The van der Waals surface area contributed by atoms with Crippen molar-refractivity contribution in [2.75, 3.05) is 26.3 Å². The number of morpholine rings is 1. The third kappa shape index (κ3) is 4.99. The largest absolute Gasteiger partial charge is 0.378 e. The van der Waals surface area contributed by atoms with E-state index in [2.05, 4.69) is 10.2 Å². The fraction of sp³-hybridized carbons (Fsp3) is 0.227. The molecule has 7 heteroatoms. The SMILES string of the molecule is O=C(c1cccc(CSc2ccc(-c3ccc(F)cc3)nn2)c1)N1CCOCC1. The molecule has 2 aromatic carbocycles. The number of carbonyl (C=O) groups excluding carboxylic acids is 1. The maximum atomic E-state index is 13.0. The Labute approximate surface area is 172 Å². The lowest BCUT2D eigenvalue weighted by atomic mass is 10.1. The molecule has 0 bridgehead atoms. The second-order valence-electron chi connectivity index (χ2n) is 6.66. The first-order valence-electron chi connectivity index (χ1n) is 9.37. The van der Waals surface area contributed by atoms with Gasteiger partial charge in [0.15, 0.2) is 0 Å². The quantitative estimate of drug-likeness (QED) is 0.595. The summed E-state index contributed by atoms with van der Waals surface area (Å²) >= 11 is 1.56. The lowest BCUT2D eigenvalue weighted by Gasteiger charge is -2.27. The third-order valence-electron chi connectivity index (χ3n) is 4.64. The topological polar surface area (TPSA) is 55.3 Å². The van der Waals surface area contributed by atoms with E-state index < -0.39 is 0 Å². The van der Waals surface area contributed by atoms with Crippen molar-refractivity contribution in [1.29, 1.82) is 0 Å². The number of thioether (sulfide) groups is 1. The Morgan fingerprint density at radius 1 is 1.03 bits per heavy atom. The summed E-state index contributed by atoms with van der Waals surface area (Å²) in [7, 11) is 0. The van der Waals surface area contributed by atoms with E-state index in [4.69, 9.17) is 4.74 Å². The van der Waals surface area contributed by atoms with E-state index in [0.29, 0.717) is 43.3 Å². The number of halogens is 1. The third-order valence-corrected chi connectivity index (χ3v) is 5.63. The van der Waals surface area contributed by atoms with Crippen molar-refractivity contribution in [3.05, 3.63) is 77.6 Å². The van der Waals surface area contributed by atoms with Gasteiger partial charge in [-0.25, -0.2) is 4.39 Å². The average molecular weight is 409 g/mol. The van der Waals surface area contributed by atoms with E-state index in [-0.39, 0.29) is 11.7 Å². The Balaban J connectivity index is 1.38.